The SMILES string of the molecule is CN1CCC(NC(=O)NC(CCS(C)(=O)=O)C(=O)O)CC1. The Hall–Kier alpha value is -1.35. The summed E-state index contributed by atoms with van der Waals surface area (Å²) in [5.74, 6) is -1.52. The fraction of sp³-hybridized carbons (Fsp3) is 0.833. The number of urea groups is 1. The third kappa shape index (κ3) is 7.28. The highest BCUT2D eigenvalue weighted by molar-refractivity contribution is 7.90. The number of carbonyl (C=O) groups excluding carboxylic acids is 1. The van der Waals surface area contributed by atoms with Gasteiger partial charge in [-0.25, -0.2) is 18.0 Å². The number of aliphatic carboxylic acids is 1. The first-order valence-electron chi connectivity index (χ1n) is 6.83. The van der Waals surface area contributed by atoms with Crippen molar-refractivity contribution < 1.29 is 23.1 Å². The molecule has 1 aliphatic rings. The van der Waals surface area contributed by atoms with E-state index in [1.807, 2.05) is 7.05 Å². The van der Waals surface area contributed by atoms with Crippen LogP contribution in [0.4, 0.5) is 4.79 Å². The maximum absolute atomic E-state index is 11.8. The second kappa shape index (κ2) is 7.60. The third-order valence-electron chi connectivity index (χ3n) is 3.43. The van der Waals surface area contributed by atoms with Gasteiger partial charge in [-0.05, 0) is 39.4 Å². The lowest BCUT2D eigenvalue weighted by Gasteiger charge is -2.29. The molecule has 2 amide bonds. The van der Waals surface area contributed by atoms with Crippen LogP contribution < -0.4 is 10.6 Å². The molecule has 122 valence electrons. The molecule has 1 saturated heterocycles. The Labute approximate surface area is 124 Å². The normalized spacial score (nSPS) is 19.0. The quantitative estimate of drug-likeness (QED) is 0.594. The van der Waals surface area contributed by atoms with E-state index in [0.29, 0.717) is 0 Å². The zero-order valence-corrected chi connectivity index (χ0v) is 13.1. The van der Waals surface area contributed by atoms with Gasteiger partial charge >= 0.3 is 12.0 Å². The van der Waals surface area contributed by atoms with Crippen LogP contribution in [0.3, 0.4) is 0 Å². The molecule has 1 atom stereocenters. The molecule has 0 aromatic heterocycles. The fourth-order valence-electron chi connectivity index (χ4n) is 2.13. The van der Waals surface area contributed by atoms with Gasteiger partial charge in [-0.1, -0.05) is 0 Å². The lowest BCUT2D eigenvalue weighted by atomic mass is 10.1. The number of piperidine rings is 1. The first kappa shape index (κ1) is 17.7. The van der Waals surface area contributed by atoms with Gasteiger partial charge in [0.15, 0.2) is 0 Å². The van der Waals surface area contributed by atoms with Gasteiger partial charge in [0.25, 0.3) is 0 Å². The Balaban J connectivity index is 2.43. The standard InChI is InChI=1S/C12H23N3O5S/c1-15-6-3-9(4-7-15)13-12(18)14-10(11(16)17)5-8-21(2,19)20/h9-10H,3-8H2,1-2H3,(H,16,17)(H2,13,14,18). The maximum atomic E-state index is 11.8. The molecule has 0 bridgehead atoms. The molecule has 0 aromatic rings. The van der Waals surface area contributed by atoms with Crippen molar-refractivity contribution in [2.75, 3.05) is 32.1 Å². The topological polar surface area (TPSA) is 116 Å². The van der Waals surface area contributed by atoms with E-state index in [4.69, 9.17) is 5.11 Å². The van der Waals surface area contributed by atoms with E-state index in [-0.39, 0.29) is 18.2 Å². The van der Waals surface area contributed by atoms with Crippen LogP contribution in [-0.2, 0) is 14.6 Å². The highest BCUT2D eigenvalue weighted by atomic mass is 32.2. The summed E-state index contributed by atoms with van der Waals surface area (Å²) in [5.41, 5.74) is 0. The number of nitrogens with one attached hydrogen (secondary N) is 2. The Morgan fingerprint density at radius 2 is 1.90 bits per heavy atom. The first-order valence-corrected chi connectivity index (χ1v) is 8.89. The summed E-state index contributed by atoms with van der Waals surface area (Å²) in [7, 11) is -1.26. The fourth-order valence-corrected chi connectivity index (χ4v) is 2.79. The highest BCUT2D eigenvalue weighted by Crippen LogP contribution is 2.08. The van der Waals surface area contributed by atoms with Crippen molar-refractivity contribution in [1.29, 1.82) is 0 Å². The molecule has 3 N–H and O–H groups in total. The third-order valence-corrected chi connectivity index (χ3v) is 4.41. The van der Waals surface area contributed by atoms with Crippen LogP contribution in [0.1, 0.15) is 19.3 Å². The van der Waals surface area contributed by atoms with Crippen molar-refractivity contribution in [3.8, 4) is 0 Å². The Bertz CT molecular complexity index is 471. The van der Waals surface area contributed by atoms with Gasteiger partial charge in [0, 0.05) is 12.3 Å². The van der Waals surface area contributed by atoms with Crippen LogP contribution >= 0.6 is 0 Å². The molecule has 8 nitrogen and oxygen atoms in total. The van der Waals surface area contributed by atoms with E-state index < -0.39 is 27.9 Å². The first-order chi connectivity index (χ1) is 9.67. The van der Waals surface area contributed by atoms with Gasteiger partial charge in [0.05, 0.1) is 5.75 Å². The minimum atomic E-state index is -3.26. The molecule has 1 fully saturated rings. The van der Waals surface area contributed by atoms with Crippen molar-refractivity contribution in [2.24, 2.45) is 0 Å². The van der Waals surface area contributed by atoms with E-state index in [1.165, 1.54) is 0 Å². The second-order valence-corrected chi connectivity index (χ2v) is 7.76. The second-order valence-electron chi connectivity index (χ2n) is 5.50. The number of hydrogen-bond donors (Lipinski definition) is 3. The number of carboxylic acid groups (broad SMARTS) is 1. The molecular weight excluding hydrogens is 298 g/mol. The molecule has 0 saturated carbocycles. The van der Waals surface area contributed by atoms with E-state index in [1.54, 1.807) is 0 Å². The minimum absolute atomic E-state index is 0.0190. The molecule has 1 aliphatic heterocycles. The van der Waals surface area contributed by atoms with Gasteiger partial charge in [0.2, 0.25) is 0 Å². The molecule has 0 aromatic carbocycles. The Morgan fingerprint density at radius 3 is 2.38 bits per heavy atom. The molecular formula is C12H23N3O5S. The predicted octanol–water partition coefficient (Wildman–Crippen LogP) is -0.732. The van der Waals surface area contributed by atoms with Crippen molar-refractivity contribution in [3.05, 3.63) is 0 Å². The number of carbonyl (C=O) groups is 2. The Morgan fingerprint density at radius 1 is 1.33 bits per heavy atom. The zero-order valence-electron chi connectivity index (χ0n) is 12.3. The number of amides is 2. The zero-order chi connectivity index (χ0) is 16.0. The summed E-state index contributed by atoms with van der Waals surface area (Å²) in [4.78, 5) is 25.0. The van der Waals surface area contributed by atoms with E-state index >= 15 is 0 Å². The lowest BCUT2D eigenvalue weighted by molar-refractivity contribution is -0.139. The van der Waals surface area contributed by atoms with Crippen LogP contribution in [0.15, 0.2) is 0 Å². The molecule has 0 spiro atoms. The molecule has 9 heteroatoms. The lowest BCUT2D eigenvalue weighted by Crippen LogP contribution is -2.51. The molecule has 1 unspecified atom stereocenters. The van der Waals surface area contributed by atoms with Crippen molar-refractivity contribution in [3.63, 3.8) is 0 Å². The van der Waals surface area contributed by atoms with Crippen LogP contribution in [0.2, 0.25) is 0 Å². The number of nitrogens with zero attached hydrogens (tertiary/aromatic N) is 1. The van der Waals surface area contributed by atoms with Crippen molar-refractivity contribution >= 4 is 21.8 Å². The minimum Gasteiger partial charge on any atom is -0.480 e. The molecule has 1 heterocycles. The summed E-state index contributed by atoms with van der Waals surface area (Å²) >= 11 is 0. The van der Waals surface area contributed by atoms with E-state index in [9.17, 15) is 18.0 Å². The van der Waals surface area contributed by atoms with Gasteiger partial charge in [0.1, 0.15) is 15.9 Å². The van der Waals surface area contributed by atoms with Crippen LogP contribution in [0.25, 0.3) is 0 Å². The van der Waals surface area contributed by atoms with Gasteiger partial charge in [-0.15, -0.1) is 0 Å². The number of rotatable bonds is 6. The highest BCUT2D eigenvalue weighted by Gasteiger charge is 2.24. The van der Waals surface area contributed by atoms with Crippen molar-refractivity contribution in [1.82, 2.24) is 15.5 Å². The number of sulfone groups is 1. The van der Waals surface area contributed by atoms with E-state index in [2.05, 4.69) is 15.5 Å². The number of likely N-dealkylation sites (tertiary alicyclic amines) is 1. The Kier molecular flexibility index (Phi) is 6.41. The molecule has 0 radical (unpaired) electrons. The van der Waals surface area contributed by atoms with E-state index in [0.717, 1.165) is 32.2 Å². The van der Waals surface area contributed by atoms with Gasteiger partial charge in [-0.3, -0.25) is 0 Å². The summed E-state index contributed by atoms with van der Waals surface area (Å²) in [6.07, 6.45) is 2.51. The average molecular weight is 321 g/mol. The molecule has 0 aliphatic carbocycles. The summed E-state index contributed by atoms with van der Waals surface area (Å²) in [6, 6.07) is -1.75. The monoisotopic (exact) mass is 321 g/mol. The smallest absolute Gasteiger partial charge is 0.326 e. The number of carboxylic acids is 1. The summed E-state index contributed by atoms with van der Waals surface area (Å²) < 4.78 is 22.1. The predicted molar refractivity (Wildman–Crippen MR) is 77.9 cm³/mol. The molecule has 21 heavy (non-hydrogen) atoms. The summed E-state index contributed by atoms with van der Waals surface area (Å²) in [6.45, 7) is 1.75. The van der Waals surface area contributed by atoms with Crippen LogP contribution in [0, 0.1) is 0 Å². The van der Waals surface area contributed by atoms with Crippen LogP contribution in [0.5, 0.6) is 0 Å². The van der Waals surface area contributed by atoms with Gasteiger partial charge in [-0.2, -0.15) is 0 Å². The van der Waals surface area contributed by atoms with Crippen molar-refractivity contribution in [2.45, 2.75) is 31.3 Å². The molecule has 1 rings (SSSR count). The largest absolute Gasteiger partial charge is 0.480 e. The van der Waals surface area contributed by atoms with Gasteiger partial charge < -0.3 is 20.6 Å². The average Bonchev–Trinajstić information content (AvgIpc) is 2.36. The number of hydrogen-bond acceptors (Lipinski definition) is 5. The van der Waals surface area contributed by atoms with Crippen LogP contribution in [-0.4, -0.2) is 74.7 Å². The summed E-state index contributed by atoms with van der Waals surface area (Å²) in [5, 5.41) is 14.1. The maximum Gasteiger partial charge on any atom is 0.326 e.